The van der Waals surface area contributed by atoms with E-state index in [1.54, 1.807) is 0 Å². The highest BCUT2D eigenvalue weighted by Gasteiger charge is 2.25. The lowest BCUT2D eigenvalue weighted by Gasteiger charge is -2.33. The van der Waals surface area contributed by atoms with E-state index in [0.717, 1.165) is 24.4 Å². The summed E-state index contributed by atoms with van der Waals surface area (Å²) in [5.41, 5.74) is 1.26. The number of urea groups is 1. The van der Waals surface area contributed by atoms with Gasteiger partial charge in [0.15, 0.2) is 0 Å². The predicted molar refractivity (Wildman–Crippen MR) is 88.4 cm³/mol. The normalized spacial score (nSPS) is 22.6. The maximum atomic E-state index is 12.0. The van der Waals surface area contributed by atoms with Crippen molar-refractivity contribution < 1.29 is 4.79 Å². The number of hydrogen-bond acceptors (Lipinski definition) is 1. The number of benzene rings is 1. The third kappa shape index (κ3) is 5.78. The van der Waals surface area contributed by atoms with Gasteiger partial charge in [-0.15, -0.1) is 0 Å². The standard InChI is InChI=1S/C18H28N2O/c1-18(2,3)13-14-9-11-16(12-10-14)20-17(21)19-15-7-5-4-6-8-15/h4-8,14,16H,9-13H2,1-3H3,(H2,19,20,21). The predicted octanol–water partition coefficient (Wildman–Crippen LogP) is 4.80. The SMILES string of the molecule is CC(C)(C)CC1CCC(NC(=O)Nc2ccccc2)CC1. The summed E-state index contributed by atoms with van der Waals surface area (Å²) in [6.07, 6.45) is 5.95. The van der Waals surface area contributed by atoms with Crippen molar-refractivity contribution in [2.24, 2.45) is 11.3 Å². The molecule has 0 spiro atoms. The van der Waals surface area contributed by atoms with Crippen LogP contribution in [0.15, 0.2) is 30.3 Å². The molecule has 3 heteroatoms. The molecule has 0 bridgehead atoms. The van der Waals surface area contributed by atoms with Crippen LogP contribution in [0.2, 0.25) is 0 Å². The molecule has 1 fully saturated rings. The van der Waals surface area contributed by atoms with E-state index in [2.05, 4.69) is 31.4 Å². The van der Waals surface area contributed by atoms with E-state index in [1.165, 1.54) is 19.3 Å². The number of amides is 2. The summed E-state index contributed by atoms with van der Waals surface area (Å²) in [4.78, 5) is 12.0. The first-order valence-electron chi connectivity index (χ1n) is 8.05. The van der Waals surface area contributed by atoms with Crippen LogP contribution in [0.4, 0.5) is 10.5 Å². The highest BCUT2D eigenvalue weighted by molar-refractivity contribution is 5.89. The molecule has 116 valence electrons. The van der Waals surface area contributed by atoms with Gasteiger partial charge in [0.25, 0.3) is 0 Å². The molecule has 2 rings (SSSR count). The fourth-order valence-electron chi connectivity index (χ4n) is 3.25. The first-order chi connectivity index (χ1) is 9.92. The van der Waals surface area contributed by atoms with Gasteiger partial charge in [0, 0.05) is 11.7 Å². The maximum absolute atomic E-state index is 12.0. The van der Waals surface area contributed by atoms with Crippen molar-refractivity contribution in [3.63, 3.8) is 0 Å². The first kappa shape index (κ1) is 15.9. The van der Waals surface area contributed by atoms with Gasteiger partial charge < -0.3 is 10.6 Å². The molecule has 2 amide bonds. The second-order valence-corrected chi connectivity index (χ2v) is 7.45. The minimum atomic E-state index is -0.0829. The molecule has 0 radical (unpaired) electrons. The van der Waals surface area contributed by atoms with Crippen LogP contribution < -0.4 is 10.6 Å². The van der Waals surface area contributed by atoms with Gasteiger partial charge in [-0.2, -0.15) is 0 Å². The second kappa shape index (κ2) is 6.97. The van der Waals surface area contributed by atoms with Crippen LogP contribution in [0.5, 0.6) is 0 Å². The Morgan fingerprint density at radius 2 is 1.71 bits per heavy atom. The zero-order chi connectivity index (χ0) is 15.3. The average Bonchev–Trinajstić information content (AvgIpc) is 2.40. The lowest BCUT2D eigenvalue weighted by atomic mass is 9.76. The molecular weight excluding hydrogens is 260 g/mol. The van der Waals surface area contributed by atoms with E-state index in [-0.39, 0.29) is 6.03 Å². The van der Waals surface area contributed by atoms with Gasteiger partial charge in [-0.05, 0) is 55.6 Å². The second-order valence-electron chi connectivity index (χ2n) is 7.45. The quantitative estimate of drug-likeness (QED) is 0.824. The average molecular weight is 288 g/mol. The molecule has 1 aromatic rings. The molecule has 0 heterocycles. The molecule has 1 aliphatic rings. The van der Waals surface area contributed by atoms with Crippen LogP contribution in [-0.2, 0) is 0 Å². The molecule has 1 aliphatic carbocycles. The van der Waals surface area contributed by atoms with Crippen molar-refractivity contribution in [1.29, 1.82) is 0 Å². The molecule has 0 saturated heterocycles. The molecule has 1 aromatic carbocycles. The lowest BCUT2D eigenvalue weighted by Crippen LogP contribution is -2.40. The molecule has 2 N–H and O–H groups in total. The molecule has 21 heavy (non-hydrogen) atoms. The number of carbonyl (C=O) groups excluding carboxylic acids is 1. The highest BCUT2D eigenvalue weighted by Crippen LogP contribution is 2.34. The number of para-hydroxylation sites is 1. The van der Waals surface area contributed by atoms with Gasteiger partial charge in [-0.1, -0.05) is 39.0 Å². The van der Waals surface area contributed by atoms with Crippen LogP contribution in [0.3, 0.4) is 0 Å². The van der Waals surface area contributed by atoms with Crippen molar-refractivity contribution in [1.82, 2.24) is 5.32 Å². The van der Waals surface area contributed by atoms with Gasteiger partial charge in [0.1, 0.15) is 0 Å². The Hall–Kier alpha value is -1.51. The van der Waals surface area contributed by atoms with E-state index in [0.29, 0.717) is 11.5 Å². The monoisotopic (exact) mass is 288 g/mol. The lowest BCUT2D eigenvalue weighted by molar-refractivity contribution is 0.210. The maximum Gasteiger partial charge on any atom is 0.319 e. The van der Waals surface area contributed by atoms with Crippen LogP contribution in [0.1, 0.15) is 52.9 Å². The van der Waals surface area contributed by atoms with E-state index < -0.39 is 0 Å². The summed E-state index contributed by atoms with van der Waals surface area (Å²) in [5.74, 6) is 0.820. The summed E-state index contributed by atoms with van der Waals surface area (Å²) in [5, 5.41) is 5.99. The molecular formula is C18H28N2O. The Balaban J connectivity index is 1.72. The Labute approximate surface area is 128 Å². The van der Waals surface area contributed by atoms with Gasteiger partial charge >= 0.3 is 6.03 Å². The third-order valence-electron chi connectivity index (χ3n) is 4.11. The topological polar surface area (TPSA) is 41.1 Å². The van der Waals surface area contributed by atoms with Gasteiger partial charge in [0.05, 0.1) is 0 Å². The molecule has 0 aromatic heterocycles. The summed E-state index contributed by atoms with van der Waals surface area (Å²) >= 11 is 0. The summed E-state index contributed by atoms with van der Waals surface area (Å²) in [6.45, 7) is 6.93. The summed E-state index contributed by atoms with van der Waals surface area (Å²) in [6, 6.07) is 9.84. The Morgan fingerprint density at radius 3 is 2.29 bits per heavy atom. The molecule has 1 saturated carbocycles. The zero-order valence-electron chi connectivity index (χ0n) is 13.5. The number of rotatable bonds is 3. The largest absolute Gasteiger partial charge is 0.335 e. The molecule has 3 nitrogen and oxygen atoms in total. The van der Waals surface area contributed by atoms with Gasteiger partial charge in [-0.3, -0.25) is 0 Å². The number of carbonyl (C=O) groups is 1. The Morgan fingerprint density at radius 1 is 1.10 bits per heavy atom. The van der Waals surface area contributed by atoms with E-state index in [9.17, 15) is 4.79 Å². The minimum absolute atomic E-state index is 0.0829. The fraction of sp³-hybridized carbons (Fsp3) is 0.611. The van der Waals surface area contributed by atoms with Crippen molar-refractivity contribution >= 4 is 11.7 Å². The third-order valence-corrected chi connectivity index (χ3v) is 4.11. The van der Waals surface area contributed by atoms with Crippen molar-refractivity contribution in [3.8, 4) is 0 Å². The summed E-state index contributed by atoms with van der Waals surface area (Å²) < 4.78 is 0. The van der Waals surface area contributed by atoms with Crippen molar-refractivity contribution in [2.45, 2.75) is 58.9 Å². The van der Waals surface area contributed by atoms with Crippen molar-refractivity contribution in [2.75, 3.05) is 5.32 Å². The summed E-state index contributed by atoms with van der Waals surface area (Å²) in [7, 11) is 0. The number of nitrogens with one attached hydrogen (secondary N) is 2. The molecule has 0 atom stereocenters. The first-order valence-corrected chi connectivity index (χ1v) is 8.05. The van der Waals surface area contributed by atoms with Crippen LogP contribution >= 0.6 is 0 Å². The Kier molecular flexibility index (Phi) is 5.27. The van der Waals surface area contributed by atoms with Crippen LogP contribution in [-0.4, -0.2) is 12.1 Å². The van der Waals surface area contributed by atoms with Crippen molar-refractivity contribution in [3.05, 3.63) is 30.3 Å². The number of anilines is 1. The van der Waals surface area contributed by atoms with E-state index in [4.69, 9.17) is 0 Å². The van der Waals surface area contributed by atoms with Gasteiger partial charge in [-0.25, -0.2) is 4.79 Å². The van der Waals surface area contributed by atoms with Crippen LogP contribution in [0.25, 0.3) is 0 Å². The van der Waals surface area contributed by atoms with Crippen LogP contribution in [0, 0.1) is 11.3 Å². The zero-order valence-corrected chi connectivity index (χ0v) is 13.5. The fourth-order valence-corrected chi connectivity index (χ4v) is 3.25. The Bertz CT molecular complexity index is 442. The van der Waals surface area contributed by atoms with Gasteiger partial charge in [0.2, 0.25) is 0 Å². The minimum Gasteiger partial charge on any atom is -0.335 e. The van der Waals surface area contributed by atoms with E-state index in [1.807, 2.05) is 30.3 Å². The highest BCUT2D eigenvalue weighted by atomic mass is 16.2. The molecule has 0 unspecified atom stereocenters. The molecule has 0 aliphatic heterocycles. The van der Waals surface area contributed by atoms with E-state index >= 15 is 0 Å². The number of hydrogen-bond donors (Lipinski definition) is 2. The smallest absolute Gasteiger partial charge is 0.319 e.